The Hall–Kier alpha value is -2.19. The SMILES string of the molecule is COC(=O)c1ccsc1NC(=O)CCCS(=O)(=O)c1ccc(C)cc1. The Balaban J connectivity index is 1.89. The van der Waals surface area contributed by atoms with Crippen molar-refractivity contribution in [1.29, 1.82) is 0 Å². The normalized spacial score (nSPS) is 11.1. The van der Waals surface area contributed by atoms with E-state index in [2.05, 4.69) is 10.1 Å². The van der Waals surface area contributed by atoms with Crippen LogP contribution in [0.2, 0.25) is 0 Å². The molecular weight excluding hydrogens is 362 g/mol. The molecule has 1 aromatic heterocycles. The number of nitrogens with one attached hydrogen (secondary N) is 1. The first-order valence-electron chi connectivity index (χ1n) is 7.58. The number of hydrogen-bond acceptors (Lipinski definition) is 6. The highest BCUT2D eigenvalue weighted by molar-refractivity contribution is 7.91. The van der Waals surface area contributed by atoms with Crippen molar-refractivity contribution in [3.63, 3.8) is 0 Å². The summed E-state index contributed by atoms with van der Waals surface area (Å²) in [5.74, 6) is -0.983. The van der Waals surface area contributed by atoms with Gasteiger partial charge in [-0.15, -0.1) is 11.3 Å². The van der Waals surface area contributed by atoms with Gasteiger partial charge in [-0.1, -0.05) is 17.7 Å². The third kappa shape index (κ3) is 5.14. The zero-order valence-corrected chi connectivity index (χ0v) is 15.6. The molecule has 0 aliphatic carbocycles. The highest BCUT2D eigenvalue weighted by Gasteiger charge is 2.17. The average molecular weight is 381 g/mol. The van der Waals surface area contributed by atoms with Crippen LogP contribution in [0, 0.1) is 6.92 Å². The molecule has 2 rings (SSSR count). The third-order valence-electron chi connectivity index (χ3n) is 3.52. The van der Waals surface area contributed by atoms with E-state index in [9.17, 15) is 18.0 Å². The molecule has 25 heavy (non-hydrogen) atoms. The van der Waals surface area contributed by atoms with Crippen LogP contribution < -0.4 is 5.32 Å². The van der Waals surface area contributed by atoms with E-state index in [4.69, 9.17) is 0 Å². The van der Waals surface area contributed by atoms with Crippen LogP contribution in [0.5, 0.6) is 0 Å². The van der Waals surface area contributed by atoms with Crippen LogP contribution in [0.4, 0.5) is 5.00 Å². The van der Waals surface area contributed by atoms with Gasteiger partial charge in [-0.25, -0.2) is 13.2 Å². The van der Waals surface area contributed by atoms with Gasteiger partial charge in [-0.05, 0) is 36.9 Å². The number of rotatable bonds is 7. The number of benzene rings is 1. The molecule has 0 bridgehead atoms. The molecule has 0 saturated heterocycles. The maximum atomic E-state index is 12.2. The minimum Gasteiger partial charge on any atom is -0.465 e. The Kier molecular flexibility index (Phi) is 6.33. The summed E-state index contributed by atoms with van der Waals surface area (Å²) in [5, 5.41) is 4.69. The van der Waals surface area contributed by atoms with Crippen LogP contribution in [0.15, 0.2) is 40.6 Å². The van der Waals surface area contributed by atoms with Gasteiger partial charge in [0.1, 0.15) is 5.00 Å². The van der Waals surface area contributed by atoms with Crippen LogP contribution in [0.1, 0.15) is 28.8 Å². The molecule has 134 valence electrons. The molecule has 6 nitrogen and oxygen atoms in total. The molecule has 8 heteroatoms. The van der Waals surface area contributed by atoms with Gasteiger partial charge in [0.2, 0.25) is 5.91 Å². The number of carbonyl (C=O) groups excluding carboxylic acids is 2. The third-order valence-corrected chi connectivity index (χ3v) is 6.17. The molecule has 1 aromatic carbocycles. The van der Waals surface area contributed by atoms with Crippen molar-refractivity contribution in [3.05, 3.63) is 46.8 Å². The predicted molar refractivity (Wildman–Crippen MR) is 96.8 cm³/mol. The van der Waals surface area contributed by atoms with E-state index in [0.29, 0.717) is 5.00 Å². The summed E-state index contributed by atoms with van der Waals surface area (Å²) in [6.07, 6.45) is 0.241. The average Bonchev–Trinajstić information content (AvgIpc) is 3.02. The lowest BCUT2D eigenvalue weighted by molar-refractivity contribution is -0.116. The number of ether oxygens (including phenoxy) is 1. The molecule has 0 aliphatic heterocycles. The molecule has 1 heterocycles. The second kappa shape index (κ2) is 8.26. The number of thiophene rings is 1. The van der Waals surface area contributed by atoms with Gasteiger partial charge in [-0.2, -0.15) is 0 Å². The van der Waals surface area contributed by atoms with Crippen LogP contribution >= 0.6 is 11.3 Å². The molecule has 0 fully saturated rings. The maximum absolute atomic E-state index is 12.2. The zero-order valence-electron chi connectivity index (χ0n) is 13.9. The lowest BCUT2D eigenvalue weighted by Gasteiger charge is -2.07. The number of hydrogen-bond donors (Lipinski definition) is 1. The lowest BCUT2D eigenvalue weighted by atomic mass is 10.2. The largest absolute Gasteiger partial charge is 0.465 e. The molecule has 0 unspecified atom stereocenters. The zero-order chi connectivity index (χ0) is 18.4. The summed E-state index contributed by atoms with van der Waals surface area (Å²) in [7, 11) is -2.15. The fourth-order valence-corrected chi connectivity index (χ4v) is 4.25. The van der Waals surface area contributed by atoms with Crippen LogP contribution in [0.3, 0.4) is 0 Å². The van der Waals surface area contributed by atoms with E-state index in [1.165, 1.54) is 18.4 Å². The van der Waals surface area contributed by atoms with E-state index >= 15 is 0 Å². The Morgan fingerprint density at radius 1 is 1.16 bits per heavy atom. The second-order valence-corrected chi connectivity index (χ2v) is 8.46. The van der Waals surface area contributed by atoms with E-state index in [-0.39, 0.29) is 35.0 Å². The van der Waals surface area contributed by atoms with Crippen molar-refractivity contribution < 1.29 is 22.7 Å². The number of esters is 1. The van der Waals surface area contributed by atoms with Gasteiger partial charge in [0.15, 0.2) is 9.84 Å². The van der Waals surface area contributed by atoms with Crippen LogP contribution in [-0.2, 0) is 19.4 Å². The van der Waals surface area contributed by atoms with Gasteiger partial charge in [0.25, 0.3) is 0 Å². The summed E-state index contributed by atoms with van der Waals surface area (Å²) < 4.78 is 29.1. The molecular formula is C17H19NO5S2. The van der Waals surface area contributed by atoms with Gasteiger partial charge in [0.05, 0.1) is 23.3 Å². The van der Waals surface area contributed by atoms with Crippen LogP contribution in [-0.4, -0.2) is 33.2 Å². The number of sulfone groups is 1. The fraction of sp³-hybridized carbons (Fsp3) is 0.294. The monoisotopic (exact) mass is 381 g/mol. The first-order valence-corrected chi connectivity index (χ1v) is 10.1. The first-order chi connectivity index (χ1) is 11.8. The van der Waals surface area contributed by atoms with E-state index in [1.54, 1.807) is 35.7 Å². The van der Waals surface area contributed by atoms with E-state index < -0.39 is 15.8 Å². The molecule has 0 radical (unpaired) electrons. The van der Waals surface area contributed by atoms with Crippen molar-refractivity contribution in [2.45, 2.75) is 24.7 Å². The Bertz CT molecular complexity index is 853. The molecule has 0 atom stereocenters. The predicted octanol–water partition coefficient (Wildman–Crippen LogP) is 3.04. The van der Waals surface area contributed by atoms with Crippen LogP contribution in [0.25, 0.3) is 0 Å². The fourth-order valence-electron chi connectivity index (χ4n) is 2.15. The van der Waals surface area contributed by atoms with Crippen molar-refractivity contribution in [1.82, 2.24) is 0 Å². The smallest absolute Gasteiger partial charge is 0.340 e. The van der Waals surface area contributed by atoms with E-state index in [1.807, 2.05) is 6.92 Å². The van der Waals surface area contributed by atoms with Crippen molar-refractivity contribution in [3.8, 4) is 0 Å². The van der Waals surface area contributed by atoms with Crippen molar-refractivity contribution in [2.75, 3.05) is 18.2 Å². The number of carbonyl (C=O) groups is 2. The Morgan fingerprint density at radius 2 is 1.84 bits per heavy atom. The number of aryl methyl sites for hydroxylation is 1. The molecule has 1 amide bonds. The molecule has 0 aliphatic rings. The summed E-state index contributed by atoms with van der Waals surface area (Å²) in [6, 6.07) is 8.18. The Morgan fingerprint density at radius 3 is 2.48 bits per heavy atom. The molecule has 1 N–H and O–H groups in total. The summed E-state index contributed by atoms with van der Waals surface area (Å²) in [4.78, 5) is 23.8. The molecule has 0 spiro atoms. The topological polar surface area (TPSA) is 89.5 Å². The van der Waals surface area contributed by atoms with Gasteiger partial charge in [0, 0.05) is 6.42 Å². The van der Waals surface area contributed by atoms with Gasteiger partial charge >= 0.3 is 5.97 Å². The minimum absolute atomic E-state index is 0.0452. The van der Waals surface area contributed by atoms with E-state index in [0.717, 1.165) is 5.56 Å². The standard InChI is InChI=1S/C17H19NO5S2/c1-12-5-7-13(8-6-12)25(21,22)11-3-4-15(19)18-16-14(9-10-24-16)17(20)23-2/h5-10H,3-4,11H2,1-2H3,(H,18,19). The number of methoxy groups -OCH3 is 1. The maximum Gasteiger partial charge on any atom is 0.340 e. The van der Waals surface area contributed by atoms with Crippen molar-refractivity contribution >= 4 is 38.1 Å². The summed E-state index contributed by atoms with van der Waals surface area (Å²) >= 11 is 1.21. The minimum atomic E-state index is -3.41. The summed E-state index contributed by atoms with van der Waals surface area (Å²) in [5.41, 5.74) is 1.27. The molecule has 2 aromatic rings. The number of amides is 1. The highest BCUT2D eigenvalue weighted by Crippen LogP contribution is 2.24. The lowest BCUT2D eigenvalue weighted by Crippen LogP contribution is -2.15. The quantitative estimate of drug-likeness (QED) is 0.745. The highest BCUT2D eigenvalue weighted by atomic mass is 32.2. The first kappa shape index (κ1) is 19.1. The van der Waals surface area contributed by atoms with Crippen molar-refractivity contribution in [2.24, 2.45) is 0 Å². The number of anilines is 1. The second-order valence-electron chi connectivity index (χ2n) is 5.44. The van der Waals surface area contributed by atoms with Gasteiger partial charge in [-0.3, -0.25) is 4.79 Å². The van der Waals surface area contributed by atoms with Gasteiger partial charge < -0.3 is 10.1 Å². The summed E-state index contributed by atoms with van der Waals surface area (Å²) in [6.45, 7) is 1.88. The Labute approximate surface area is 150 Å². The molecule has 0 saturated carbocycles.